The summed E-state index contributed by atoms with van der Waals surface area (Å²) >= 11 is 0. The molecule has 3 aromatic rings. The summed E-state index contributed by atoms with van der Waals surface area (Å²) in [6.45, 7) is 1.54. The van der Waals surface area contributed by atoms with Gasteiger partial charge >= 0.3 is 11.7 Å². The predicted molar refractivity (Wildman–Crippen MR) is 105 cm³/mol. The Morgan fingerprint density at radius 1 is 1.10 bits per heavy atom. The van der Waals surface area contributed by atoms with Gasteiger partial charge in [-0.3, -0.25) is 9.59 Å². The van der Waals surface area contributed by atoms with Crippen molar-refractivity contribution >= 4 is 11.9 Å². The van der Waals surface area contributed by atoms with Crippen molar-refractivity contribution in [1.82, 2.24) is 15.1 Å². The fourth-order valence-electron chi connectivity index (χ4n) is 2.63. The molecule has 150 valence electrons. The van der Waals surface area contributed by atoms with E-state index in [1.165, 1.54) is 0 Å². The Morgan fingerprint density at radius 3 is 2.45 bits per heavy atom. The van der Waals surface area contributed by atoms with E-state index in [1.807, 2.05) is 43.3 Å². The van der Waals surface area contributed by atoms with Crippen molar-refractivity contribution in [2.45, 2.75) is 19.4 Å². The quantitative estimate of drug-likeness (QED) is 0.585. The zero-order valence-electron chi connectivity index (χ0n) is 15.9. The average Bonchev–Trinajstić information content (AvgIpc) is 3.12. The second kappa shape index (κ2) is 9.50. The number of benzene rings is 2. The molecule has 2 aromatic carbocycles. The number of nitrogens with zero attached hydrogens (tertiary/aromatic N) is 2. The molecule has 0 bridgehead atoms. The van der Waals surface area contributed by atoms with Crippen LogP contribution < -0.4 is 11.1 Å². The van der Waals surface area contributed by atoms with Gasteiger partial charge in [0.25, 0.3) is 5.91 Å². The summed E-state index contributed by atoms with van der Waals surface area (Å²) < 4.78 is 10.8. The average molecular weight is 395 g/mol. The van der Waals surface area contributed by atoms with Crippen molar-refractivity contribution < 1.29 is 18.7 Å². The summed E-state index contributed by atoms with van der Waals surface area (Å²) in [5, 5.41) is 6.69. The first-order chi connectivity index (χ1) is 14.0. The van der Waals surface area contributed by atoms with Crippen LogP contribution >= 0.6 is 0 Å². The van der Waals surface area contributed by atoms with Crippen molar-refractivity contribution in [2.75, 3.05) is 13.2 Å². The molecule has 8 heteroatoms. The van der Waals surface area contributed by atoms with Gasteiger partial charge in [-0.25, -0.2) is 4.79 Å². The summed E-state index contributed by atoms with van der Waals surface area (Å²) in [6, 6.07) is 18.6. The van der Waals surface area contributed by atoms with Gasteiger partial charge in [-0.15, -0.1) is 5.10 Å². The third-order valence-electron chi connectivity index (χ3n) is 4.24. The SMILES string of the molecule is C[C@@H](CNC(=O)COC(=O)Cn1nc(-c2ccccc2)oc1=O)c1ccccc1. The molecule has 0 unspecified atom stereocenters. The molecule has 1 atom stereocenters. The molecule has 1 amide bonds. The highest BCUT2D eigenvalue weighted by molar-refractivity contribution is 5.80. The summed E-state index contributed by atoms with van der Waals surface area (Å²) in [5.74, 6) is -1.72. The zero-order valence-corrected chi connectivity index (χ0v) is 15.9. The molecule has 0 saturated heterocycles. The van der Waals surface area contributed by atoms with Crippen molar-refractivity contribution in [1.29, 1.82) is 0 Å². The number of hydrogen-bond donors (Lipinski definition) is 1. The molecule has 0 radical (unpaired) electrons. The Kier molecular flexibility index (Phi) is 6.57. The summed E-state index contributed by atoms with van der Waals surface area (Å²) in [4.78, 5) is 35.7. The van der Waals surface area contributed by atoms with Crippen LogP contribution in [-0.2, 0) is 20.9 Å². The lowest BCUT2D eigenvalue weighted by atomic mass is 10.0. The van der Waals surface area contributed by atoms with Gasteiger partial charge < -0.3 is 14.5 Å². The zero-order chi connectivity index (χ0) is 20.6. The van der Waals surface area contributed by atoms with Gasteiger partial charge in [-0.05, 0) is 23.6 Å². The lowest BCUT2D eigenvalue weighted by Crippen LogP contribution is -2.32. The van der Waals surface area contributed by atoms with Crippen LogP contribution in [-0.4, -0.2) is 34.8 Å². The Bertz CT molecular complexity index is 1010. The Labute approximate surface area is 167 Å². The molecular formula is C21H21N3O5. The lowest BCUT2D eigenvalue weighted by molar-refractivity contribution is -0.149. The number of aromatic nitrogens is 2. The van der Waals surface area contributed by atoms with Crippen LogP contribution in [0.15, 0.2) is 69.9 Å². The lowest BCUT2D eigenvalue weighted by Gasteiger charge is -2.13. The van der Waals surface area contributed by atoms with Crippen LogP contribution in [0, 0.1) is 0 Å². The van der Waals surface area contributed by atoms with Crippen LogP contribution in [0.3, 0.4) is 0 Å². The molecule has 1 N–H and O–H groups in total. The second-order valence-corrected chi connectivity index (χ2v) is 6.47. The third-order valence-corrected chi connectivity index (χ3v) is 4.24. The summed E-state index contributed by atoms with van der Waals surface area (Å²) in [7, 11) is 0. The number of nitrogens with one attached hydrogen (secondary N) is 1. The smallest absolute Gasteiger partial charge is 0.437 e. The molecule has 0 spiro atoms. The highest BCUT2D eigenvalue weighted by Gasteiger charge is 2.15. The maximum atomic E-state index is 11.9. The number of hydrogen-bond acceptors (Lipinski definition) is 6. The van der Waals surface area contributed by atoms with Crippen molar-refractivity contribution in [2.24, 2.45) is 0 Å². The van der Waals surface area contributed by atoms with E-state index in [0.717, 1.165) is 10.2 Å². The van der Waals surface area contributed by atoms with Gasteiger partial charge in [0.05, 0.1) is 0 Å². The molecule has 0 saturated carbocycles. The fourth-order valence-corrected chi connectivity index (χ4v) is 2.63. The van der Waals surface area contributed by atoms with E-state index < -0.39 is 30.8 Å². The Morgan fingerprint density at radius 2 is 1.76 bits per heavy atom. The van der Waals surface area contributed by atoms with E-state index in [1.54, 1.807) is 24.3 Å². The number of ether oxygens (including phenoxy) is 1. The van der Waals surface area contributed by atoms with E-state index in [4.69, 9.17) is 9.15 Å². The van der Waals surface area contributed by atoms with Crippen LogP contribution in [0.4, 0.5) is 0 Å². The standard InChI is InChI=1S/C21H21N3O5/c1-15(16-8-4-2-5-9-16)12-22-18(25)14-28-19(26)13-24-21(27)29-20(23-24)17-10-6-3-7-11-17/h2-11,15H,12-14H2,1H3,(H,22,25)/t15-/m0/s1. The van der Waals surface area contributed by atoms with Crippen molar-refractivity contribution in [3.8, 4) is 11.5 Å². The van der Waals surface area contributed by atoms with E-state index in [2.05, 4.69) is 10.4 Å². The molecule has 0 fully saturated rings. The van der Waals surface area contributed by atoms with Gasteiger partial charge in [0.1, 0.15) is 6.54 Å². The molecule has 8 nitrogen and oxygen atoms in total. The second-order valence-electron chi connectivity index (χ2n) is 6.47. The molecule has 1 aromatic heterocycles. The van der Waals surface area contributed by atoms with Crippen LogP contribution in [0.25, 0.3) is 11.5 Å². The molecule has 0 aliphatic carbocycles. The minimum atomic E-state index is -0.776. The maximum Gasteiger partial charge on any atom is 0.437 e. The molecule has 29 heavy (non-hydrogen) atoms. The van der Waals surface area contributed by atoms with E-state index in [0.29, 0.717) is 12.1 Å². The fraction of sp³-hybridized carbons (Fsp3) is 0.238. The van der Waals surface area contributed by atoms with Crippen LogP contribution in [0.5, 0.6) is 0 Å². The van der Waals surface area contributed by atoms with Crippen LogP contribution in [0.1, 0.15) is 18.4 Å². The normalized spacial score (nSPS) is 11.6. The monoisotopic (exact) mass is 395 g/mol. The Hall–Kier alpha value is -3.68. The predicted octanol–water partition coefficient (Wildman–Crippen LogP) is 1.97. The van der Waals surface area contributed by atoms with Gasteiger partial charge in [0, 0.05) is 12.1 Å². The number of esters is 1. The van der Waals surface area contributed by atoms with Crippen LogP contribution in [0.2, 0.25) is 0 Å². The molecule has 1 heterocycles. The van der Waals surface area contributed by atoms with Gasteiger partial charge in [0.2, 0.25) is 5.89 Å². The number of carbonyl (C=O) groups excluding carboxylic acids is 2. The topological polar surface area (TPSA) is 103 Å². The maximum absolute atomic E-state index is 11.9. The number of amides is 1. The Balaban J connectivity index is 1.46. The highest BCUT2D eigenvalue weighted by Crippen LogP contribution is 2.14. The number of rotatable bonds is 8. The molecule has 3 rings (SSSR count). The van der Waals surface area contributed by atoms with Crippen molar-refractivity contribution in [3.05, 3.63) is 76.8 Å². The van der Waals surface area contributed by atoms with Crippen molar-refractivity contribution in [3.63, 3.8) is 0 Å². The minimum absolute atomic E-state index is 0.107. The first-order valence-electron chi connectivity index (χ1n) is 9.13. The highest BCUT2D eigenvalue weighted by atomic mass is 16.5. The van der Waals surface area contributed by atoms with E-state index >= 15 is 0 Å². The first kappa shape index (κ1) is 20.1. The molecular weight excluding hydrogens is 374 g/mol. The number of carbonyl (C=O) groups is 2. The van der Waals surface area contributed by atoms with Gasteiger partial charge in [-0.2, -0.15) is 4.68 Å². The van der Waals surface area contributed by atoms with E-state index in [-0.39, 0.29) is 11.8 Å². The molecule has 0 aliphatic rings. The largest absolute Gasteiger partial charge is 0.454 e. The minimum Gasteiger partial charge on any atom is -0.454 e. The molecule has 0 aliphatic heterocycles. The summed E-state index contributed by atoms with van der Waals surface area (Å²) in [5.41, 5.74) is 1.72. The summed E-state index contributed by atoms with van der Waals surface area (Å²) in [6.07, 6.45) is 0. The van der Waals surface area contributed by atoms with E-state index in [9.17, 15) is 14.4 Å². The first-order valence-corrected chi connectivity index (χ1v) is 9.13. The third kappa shape index (κ3) is 5.65. The van der Waals surface area contributed by atoms with Gasteiger partial charge in [0.15, 0.2) is 6.61 Å². The van der Waals surface area contributed by atoms with Gasteiger partial charge in [-0.1, -0.05) is 55.5 Å².